The van der Waals surface area contributed by atoms with Crippen molar-refractivity contribution >= 4 is 22.5 Å². The number of piperidine rings is 1. The van der Waals surface area contributed by atoms with Crippen LogP contribution in [0, 0.1) is 0 Å². The Labute approximate surface area is 213 Å². The van der Waals surface area contributed by atoms with Crippen molar-refractivity contribution in [3.8, 4) is 16.9 Å². The zero-order valence-corrected chi connectivity index (χ0v) is 21.2. The monoisotopic (exact) mass is 479 g/mol. The summed E-state index contributed by atoms with van der Waals surface area (Å²) in [4.78, 5) is 20.3. The molecule has 36 heavy (non-hydrogen) atoms. The molecule has 2 heterocycles. The second-order valence-corrected chi connectivity index (χ2v) is 9.77. The SMILES string of the molecule is COc1ccc(-c2ccc(C(=O)Nc3ccc4nc(CN5[C@H](C)CCC[C@@H]5C)ccc4c3)cc2)cc1. The maximum atomic E-state index is 12.9. The number of nitrogens with one attached hydrogen (secondary N) is 1. The number of aromatic nitrogens is 1. The van der Waals surface area contributed by atoms with Gasteiger partial charge in [-0.15, -0.1) is 0 Å². The lowest BCUT2D eigenvalue weighted by molar-refractivity contribution is 0.0939. The molecule has 2 atom stereocenters. The summed E-state index contributed by atoms with van der Waals surface area (Å²) >= 11 is 0. The fraction of sp³-hybridized carbons (Fsp3) is 0.290. The van der Waals surface area contributed by atoms with Gasteiger partial charge in [0.25, 0.3) is 5.91 Å². The molecule has 1 fully saturated rings. The van der Waals surface area contributed by atoms with Crippen LogP contribution in [-0.2, 0) is 6.54 Å². The number of hydrogen-bond acceptors (Lipinski definition) is 4. The van der Waals surface area contributed by atoms with Crippen molar-refractivity contribution < 1.29 is 9.53 Å². The number of rotatable bonds is 6. The highest BCUT2D eigenvalue weighted by atomic mass is 16.5. The van der Waals surface area contributed by atoms with E-state index in [1.54, 1.807) is 7.11 Å². The van der Waals surface area contributed by atoms with Crippen LogP contribution in [0.25, 0.3) is 22.0 Å². The van der Waals surface area contributed by atoms with E-state index in [4.69, 9.17) is 9.72 Å². The van der Waals surface area contributed by atoms with Gasteiger partial charge in [0.15, 0.2) is 0 Å². The summed E-state index contributed by atoms with van der Waals surface area (Å²) in [5, 5.41) is 4.04. The summed E-state index contributed by atoms with van der Waals surface area (Å²) in [6.07, 6.45) is 3.82. The first-order valence-electron chi connectivity index (χ1n) is 12.7. The molecule has 0 aliphatic carbocycles. The van der Waals surface area contributed by atoms with Crippen molar-refractivity contribution in [2.75, 3.05) is 12.4 Å². The van der Waals surface area contributed by atoms with Crippen LogP contribution in [0.5, 0.6) is 5.75 Å². The Morgan fingerprint density at radius 1 is 0.917 bits per heavy atom. The zero-order chi connectivity index (χ0) is 25.1. The third-order valence-corrected chi connectivity index (χ3v) is 7.30. The maximum Gasteiger partial charge on any atom is 0.255 e. The van der Waals surface area contributed by atoms with Crippen molar-refractivity contribution in [2.45, 2.75) is 51.7 Å². The molecule has 0 saturated carbocycles. The molecule has 1 aromatic heterocycles. The molecule has 1 amide bonds. The van der Waals surface area contributed by atoms with E-state index in [1.807, 2.05) is 66.7 Å². The third kappa shape index (κ3) is 5.26. The lowest BCUT2D eigenvalue weighted by atomic mass is 9.97. The number of hydrogen-bond donors (Lipinski definition) is 1. The molecule has 3 aromatic carbocycles. The molecule has 4 aromatic rings. The predicted molar refractivity (Wildman–Crippen MR) is 146 cm³/mol. The van der Waals surface area contributed by atoms with Gasteiger partial charge in [-0.2, -0.15) is 0 Å². The van der Waals surface area contributed by atoms with Gasteiger partial charge < -0.3 is 10.1 Å². The average Bonchev–Trinajstić information content (AvgIpc) is 2.91. The van der Waals surface area contributed by atoms with Gasteiger partial charge in [-0.05, 0) is 86.3 Å². The Morgan fingerprint density at radius 3 is 2.25 bits per heavy atom. The van der Waals surface area contributed by atoms with Gasteiger partial charge in [0.1, 0.15) is 5.75 Å². The molecule has 5 nitrogen and oxygen atoms in total. The largest absolute Gasteiger partial charge is 0.497 e. The van der Waals surface area contributed by atoms with E-state index in [9.17, 15) is 4.79 Å². The Bertz CT molecular complexity index is 1340. The number of nitrogens with zero attached hydrogens (tertiary/aromatic N) is 2. The second-order valence-electron chi connectivity index (χ2n) is 9.77. The van der Waals surface area contributed by atoms with E-state index in [1.165, 1.54) is 19.3 Å². The highest BCUT2D eigenvalue weighted by molar-refractivity contribution is 6.05. The van der Waals surface area contributed by atoms with Gasteiger partial charge in [-0.1, -0.05) is 36.8 Å². The van der Waals surface area contributed by atoms with Crippen LogP contribution in [0.3, 0.4) is 0 Å². The summed E-state index contributed by atoms with van der Waals surface area (Å²) in [6.45, 7) is 5.51. The molecular weight excluding hydrogens is 446 g/mol. The van der Waals surface area contributed by atoms with Crippen LogP contribution in [0.4, 0.5) is 5.69 Å². The lowest BCUT2D eigenvalue weighted by Gasteiger charge is -2.38. The van der Waals surface area contributed by atoms with Crippen molar-refractivity contribution in [3.63, 3.8) is 0 Å². The van der Waals surface area contributed by atoms with Crippen LogP contribution >= 0.6 is 0 Å². The number of pyridine rings is 1. The topological polar surface area (TPSA) is 54.5 Å². The number of ether oxygens (including phenoxy) is 1. The summed E-state index contributed by atoms with van der Waals surface area (Å²) in [5.74, 6) is 0.691. The van der Waals surface area contributed by atoms with Crippen molar-refractivity contribution in [1.82, 2.24) is 9.88 Å². The highest BCUT2D eigenvalue weighted by Crippen LogP contribution is 2.26. The van der Waals surface area contributed by atoms with Crippen LogP contribution in [-0.4, -0.2) is 35.0 Å². The molecule has 1 saturated heterocycles. The number of amides is 1. The summed E-state index contributed by atoms with van der Waals surface area (Å²) in [7, 11) is 1.66. The smallest absolute Gasteiger partial charge is 0.255 e. The van der Waals surface area contributed by atoms with Gasteiger partial charge in [0, 0.05) is 35.3 Å². The van der Waals surface area contributed by atoms with Crippen LogP contribution < -0.4 is 10.1 Å². The number of likely N-dealkylation sites (tertiary alicyclic amines) is 1. The number of carbonyl (C=O) groups is 1. The molecule has 5 rings (SSSR count). The Kier molecular flexibility index (Phi) is 7.01. The van der Waals surface area contributed by atoms with Gasteiger partial charge >= 0.3 is 0 Å². The molecule has 0 unspecified atom stereocenters. The number of methoxy groups -OCH3 is 1. The summed E-state index contributed by atoms with van der Waals surface area (Å²) in [5.41, 5.74) is 5.55. The minimum absolute atomic E-state index is 0.131. The molecule has 0 radical (unpaired) electrons. The first-order valence-corrected chi connectivity index (χ1v) is 12.7. The quantitative estimate of drug-likeness (QED) is 0.326. The van der Waals surface area contributed by atoms with E-state index in [0.717, 1.165) is 45.7 Å². The summed E-state index contributed by atoms with van der Waals surface area (Å²) in [6, 6.07) is 26.8. The van der Waals surface area contributed by atoms with Gasteiger partial charge in [-0.25, -0.2) is 0 Å². The predicted octanol–water partition coefficient (Wildman–Crippen LogP) is 6.93. The molecular formula is C31H33N3O2. The van der Waals surface area contributed by atoms with E-state index in [0.29, 0.717) is 17.6 Å². The summed E-state index contributed by atoms with van der Waals surface area (Å²) < 4.78 is 5.22. The van der Waals surface area contributed by atoms with E-state index >= 15 is 0 Å². The molecule has 1 aliphatic rings. The fourth-order valence-electron chi connectivity index (χ4n) is 5.11. The van der Waals surface area contributed by atoms with E-state index in [-0.39, 0.29) is 5.91 Å². The number of fused-ring (bicyclic) bond motifs is 1. The molecule has 1 N–H and O–H groups in total. The Morgan fingerprint density at radius 2 is 1.58 bits per heavy atom. The lowest BCUT2D eigenvalue weighted by Crippen LogP contribution is -2.43. The number of carbonyl (C=O) groups excluding carboxylic acids is 1. The molecule has 1 aliphatic heterocycles. The van der Waals surface area contributed by atoms with E-state index in [2.05, 4.69) is 36.2 Å². The number of anilines is 1. The second kappa shape index (κ2) is 10.5. The highest BCUT2D eigenvalue weighted by Gasteiger charge is 2.24. The first kappa shape index (κ1) is 24.0. The first-order chi connectivity index (χ1) is 17.5. The van der Waals surface area contributed by atoms with Gasteiger partial charge in [-0.3, -0.25) is 14.7 Å². The zero-order valence-electron chi connectivity index (χ0n) is 21.2. The fourth-order valence-corrected chi connectivity index (χ4v) is 5.11. The Balaban J connectivity index is 1.26. The van der Waals surface area contributed by atoms with Crippen molar-refractivity contribution in [1.29, 1.82) is 0 Å². The normalized spacial score (nSPS) is 18.2. The number of benzene rings is 3. The molecule has 0 spiro atoms. The Hall–Kier alpha value is -3.70. The van der Waals surface area contributed by atoms with Crippen molar-refractivity contribution in [2.24, 2.45) is 0 Å². The maximum absolute atomic E-state index is 12.9. The molecule has 184 valence electrons. The minimum atomic E-state index is -0.131. The van der Waals surface area contributed by atoms with Gasteiger partial charge in [0.2, 0.25) is 0 Å². The van der Waals surface area contributed by atoms with Gasteiger partial charge in [0.05, 0.1) is 18.3 Å². The van der Waals surface area contributed by atoms with Crippen LogP contribution in [0.2, 0.25) is 0 Å². The average molecular weight is 480 g/mol. The van der Waals surface area contributed by atoms with Crippen molar-refractivity contribution in [3.05, 3.63) is 90.1 Å². The van der Waals surface area contributed by atoms with Crippen LogP contribution in [0.1, 0.15) is 49.2 Å². The molecule has 5 heteroatoms. The third-order valence-electron chi connectivity index (χ3n) is 7.30. The van der Waals surface area contributed by atoms with Crippen LogP contribution in [0.15, 0.2) is 78.9 Å². The minimum Gasteiger partial charge on any atom is -0.497 e. The standard InChI is InChI=1S/C31H33N3O2/c1-21-5-4-6-22(2)34(21)20-28-14-11-26-19-27(15-18-30(26)32-28)33-31(35)25-9-7-23(8-10-25)24-12-16-29(36-3)17-13-24/h7-19,21-22H,4-6,20H2,1-3H3,(H,33,35)/t21-,22+. The molecule has 0 bridgehead atoms. The van der Waals surface area contributed by atoms with E-state index < -0.39 is 0 Å².